The van der Waals surface area contributed by atoms with Crippen LogP contribution in [0.15, 0.2) is 0 Å². The Morgan fingerprint density at radius 1 is 1.10 bits per heavy atom. The van der Waals surface area contributed by atoms with E-state index in [9.17, 15) is 14.4 Å². The molecule has 2 amide bonds. The van der Waals surface area contributed by atoms with E-state index in [0.717, 1.165) is 0 Å². The first-order valence-corrected chi connectivity index (χ1v) is 9.63. The number of hydrogen-bond acceptors (Lipinski definition) is 8. The van der Waals surface area contributed by atoms with Gasteiger partial charge in [-0.15, -0.1) is 0 Å². The SMILES string of the molecule is COC(=O)[C@H]1O[C@@H]2OC(C)(C)O[C@@H]2[C@H]1NC(=O)[C@H](NC(=O)OC(C)(C)C)C(C)C. The number of carbonyl (C=O) groups is 3. The zero-order chi connectivity index (χ0) is 22.1. The van der Waals surface area contributed by atoms with Crippen LogP contribution in [0.25, 0.3) is 0 Å². The minimum absolute atomic E-state index is 0.241. The normalized spacial score (nSPS) is 29.1. The van der Waals surface area contributed by atoms with E-state index >= 15 is 0 Å². The van der Waals surface area contributed by atoms with Gasteiger partial charge in [-0.2, -0.15) is 0 Å². The molecular formula is C19H32N2O8. The average Bonchev–Trinajstić information content (AvgIpc) is 3.02. The van der Waals surface area contributed by atoms with Gasteiger partial charge in [0.2, 0.25) is 5.91 Å². The number of rotatable bonds is 5. The molecule has 2 aliphatic heterocycles. The van der Waals surface area contributed by atoms with Crippen molar-refractivity contribution in [2.24, 2.45) is 5.92 Å². The summed E-state index contributed by atoms with van der Waals surface area (Å²) in [6, 6.07) is -1.74. The minimum Gasteiger partial charge on any atom is -0.467 e. The monoisotopic (exact) mass is 416 g/mol. The lowest BCUT2D eigenvalue weighted by molar-refractivity contribution is -0.213. The first-order chi connectivity index (χ1) is 13.2. The summed E-state index contributed by atoms with van der Waals surface area (Å²) < 4.78 is 27.1. The van der Waals surface area contributed by atoms with Crippen LogP contribution in [-0.4, -0.2) is 67.0 Å². The van der Waals surface area contributed by atoms with Crippen LogP contribution in [-0.2, 0) is 33.3 Å². The number of ether oxygens (including phenoxy) is 5. The molecule has 2 fully saturated rings. The van der Waals surface area contributed by atoms with Crippen molar-refractivity contribution in [3.05, 3.63) is 0 Å². The Morgan fingerprint density at radius 3 is 2.24 bits per heavy atom. The number of esters is 1. The van der Waals surface area contributed by atoms with Crippen molar-refractivity contribution < 1.29 is 38.1 Å². The van der Waals surface area contributed by atoms with Gasteiger partial charge >= 0.3 is 12.1 Å². The Bertz CT molecular complexity index is 643. The second kappa shape index (κ2) is 8.45. The maximum absolute atomic E-state index is 13.0. The fourth-order valence-corrected chi connectivity index (χ4v) is 3.21. The smallest absolute Gasteiger partial charge is 0.408 e. The van der Waals surface area contributed by atoms with E-state index < -0.39 is 59.9 Å². The Balaban J connectivity index is 2.14. The number of carbonyl (C=O) groups excluding carboxylic acids is 3. The van der Waals surface area contributed by atoms with Crippen molar-refractivity contribution in [1.82, 2.24) is 10.6 Å². The quantitative estimate of drug-likeness (QED) is 0.639. The first-order valence-electron chi connectivity index (χ1n) is 9.63. The summed E-state index contributed by atoms with van der Waals surface area (Å²) in [6.07, 6.45) is -3.33. The highest BCUT2D eigenvalue weighted by molar-refractivity contribution is 5.87. The lowest BCUT2D eigenvalue weighted by Crippen LogP contribution is -2.58. The second-order valence-corrected chi connectivity index (χ2v) is 8.95. The molecule has 2 rings (SSSR count). The van der Waals surface area contributed by atoms with Gasteiger partial charge in [0, 0.05) is 0 Å². The Kier molecular flexibility index (Phi) is 6.81. The third-order valence-electron chi connectivity index (χ3n) is 4.41. The predicted molar refractivity (Wildman–Crippen MR) is 101 cm³/mol. The van der Waals surface area contributed by atoms with E-state index in [-0.39, 0.29) is 5.92 Å². The second-order valence-electron chi connectivity index (χ2n) is 8.95. The fraction of sp³-hybridized carbons (Fsp3) is 0.842. The molecule has 0 aliphatic carbocycles. The number of alkyl carbamates (subject to hydrolysis) is 1. The van der Waals surface area contributed by atoms with Crippen LogP contribution < -0.4 is 10.6 Å². The molecule has 5 atom stereocenters. The molecule has 10 heteroatoms. The molecule has 2 saturated heterocycles. The van der Waals surface area contributed by atoms with Crippen molar-refractivity contribution in [3.63, 3.8) is 0 Å². The van der Waals surface area contributed by atoms with Gasteiger partial charge in [0.1, 0.15) is 17.7 Å². The summed E-state index contributed by atoms with van der Waals surface area (Å²) in [5.41, 5.74) is -0.703. The van der Waals surface area contributed by atoms with Crippen molar-refractivity contribution in [2.45, 2.75) is 90.4 Å². The summed E-state index contributed by atoms with van der Waals surface area (Å²) in [5.74, 6) is -2.32. The van der Waals surface area contributed by atoms with Crippen molar-refractivity contribution in [2.75, 3.05) is 7.11 Å². The largest absolute Gasteiger partial charge is 0.467 e. The molecule has 2 aliphatic rings. The van der Waals surface area contributed by atoms with Crippen LogP contribution in [0.2, 0.25) is 0 Å². The molecule has 0 unspecified atom stereocenters. The van der Waals surface area contributed by atoms with E-state index in [1.54, 1.807) is 48.5 Å². The van der Waals surface area contributed by atoms with Crippen LogP contribution >= 0.6 is 0 Å². The highest BCUT2D eigenvalue weighted by atomic mass is 16.8. The van der Waals surface area contributed by atoms with Crippen LogP contribution in [0.4, 0.5) is 4.79 Å². The van der Waals surface area contributed by atoms with Gasteiger partial charge < -0.3 is 34.3 Å². The van der Waals surface area contributed by atoms with Crippen molar-refractivity contribution in [3.8, 4) is 0 Å². The third-order valence-corrected chi connectivity index (χ3v) is 4.41. The molecule has 0 aromatic heterocycles. The average molecular weight is 416 g/mol. The molecule has 0 aromatic carbocycles. The maximum atomic E-state index is 13.0. The topological polar surface area (TPSA) is 121 Å². The van der Waals surface area contributed by atoms with E-state index in [1.165, 1.54) is 7.11 Å². The van der Waals surface area contributed by atoms with E-state index in [2.05, 4.69) is 10.6 Å². The highest BCUT2D eigenvalue weighted by Crippen LogP contribution is 2.37. The van der Waals surface area contributed by atoms with Gasteiger partial charge in [-0.05, 0) is 40.5 Å². The number of amides is 2. The van der Waals surface area contributed by atoms with E-state index in [1.807, 2.05) is 0 Å². The van der Waals surface area contributed by atoms with Gasteiger partial charge in [0.25, 0.3) is 0 Å². The van der Waals surface area contributed by atoms with Crippen LogP contribution in [0.3, 0.4) is 0 Å². The van der Waals surface area contributed by atoms with Crippen molar-refractivity contribution >= 4 is 18.0 Å². The molecule has 29 heavy (non-hydrogen) atoms. The summed E-state index contributed by atoms with van der Waals surface area (Å²) in [5, 5.41) is 5.34. The molecule has 0 saturated carbocycles. The lowest BCUT2D eigenvalue weighted by atomic mass is 10.0. The van der Waals surface area contributed by atoms with E-state index in [4.69, 9.17) is 23.7 Å². The molecule has 0 bridgehead atoms. The summed E-state index contributed by atoms with van der Waals surface area (Å²) in [7, 11) is 1.23. The highest BCUT2D eigenvalue weighted by Gasteiger charge is 2.58. The molecule has 2 heterocycles. The zero-order valence-corrected chi connectivity index (χ0v) is 18.2. The Hall–Kier alpha value is -1.91. The van der Waals surface area contributed by atoms with Gasteiger partial charge in [0.15, 0.2) is 18.2 Å². The fourth-order valence-electron chi connectivity index (χ4n) is 3.21. The zero-order valence-electron chi connectivity index (χ0n) is 18.2. The molecule has 2 N–H and O–H groups in total. The summed E-state index contributed by atoms with van der Waals surface area (Å²) in [4.78, 5) is 37.2. The van der Waals surface area contributed by atoms with Crippen LogP contribution in [0, 0.1) is 5.92 Å². The maximum Gasteiger partial charge on any atom is 0.408 e. The van der Waals surface area contributed by atoms with Crippen LogP contribution in [0.5, 0.6) is 0 Å². The van der Waals surface area contributed by atoms with Gasteiger partial charge in [-0.1, -0.05) is 13.8 Å². The van der Waals surface area contributed by atoms with Crippen LogP contribution in [0.1, 0.15) is 48.5 Å². The first kappa shape index (κ1) is 23.4. The Morgan fingerprint density at radius 2 is 1.72 bits per heavy atom. The number of nitrogens with one attached hydrogen (secondary N) is 2. The third kappa shape index (κ3) is 5.80. The molecule has 0 spiro atoms. The molecule has 10 nitrogen and oxygen atoms in total. The minimum atomic E-state index is -1.09. The Labute approximate surface area is 170 Å². The number of fused-ring (bicyclic) bond motifs is 1. The predicted octanol–water partition coefficient (Wildman–Crippen LogP) is 1.07. The summed E-state index contributed by atoms with van der Waals surface area (Å²) >= 11 is 0. The molecule has 0 aromatic rings. The summed E-state index contributed by atoms with van der Waals surface area (Å²) in [6.45, 7) is 12.2. The van der Waals surface area contributed by atoms with Gasteiger partial charge in [-0.3, -0.25) is 4.79 Å². The van der Waals surface area contributed by atoms with E-state index in [0.29, 0.717) is 0 Å². The molecular weight excluding hydrogens is 384 g/mol. The molecule has 0 radical (unpaired) electrons. The number of hydrogen-bond donors (Lipinski definition) is 2. The van der Waals surface area contributed by atoms with Gasteiger partial charge in [0.05, 0.1) is 13.2 Å². The molecule has 166 valence electrons. The lowest BCUT2D eigenvalue weighted by Gasteiger charge is -2.29. The number of methoxy groups -OCH3 is 1. The van der Waals surface area contributed by atoms with Crippen molar-refractivity contribution in [1.29, 1.82) is 0 Å². The van der Waals surface area contributed by atoms with Gasteiger partial charge in [-0.25, -0.2) is 9.59 Å². The standard InChI is InChI=1S/C19H32N2O8/c1-9(2)10(21-17(24)29-18(3,4)5)14(22)20-11-12(15(23)25-8)26-16-13(11)27-19(6,7)28-16/h9-13,16H,1-8H3,(H,20,22)(H,21,24)/t10-,11+,12+,13-,16-/m1/s1.